The first-order chi connectivity index (χ1) is 18.9. The Hall–Kier alpha value is -2.88. The van der Waals surface area contributed by atoms with Crippen molar-refractivity contribution in [1.29, 1.82) is 0 Å². The molecule has 1 aromatic carbocycles. The summed E-state index contributed by atoms with van der Waals surface area (Å²) in [7, 11) is 0. The minimum atomic E-state index is -0.284. The summed E-state index contributed by atoms with van der Waals surface area (Å²) in [5.74, 6) is 0.157. The second kappa shape index (κ2) is 12.5. The number of benzene rings is 1. The zero-order chi connectivity index (χ0) is 27.4. The van der Waals surface area contributed by atoms with E-state index >= 15 is 0 Å². The van der Waals surface area contributed by atoms with Crippen LogP contribution in [0, 0.1) is 0 Å². The Kier molecular flexibility index (Phi) is 8.89. The zero-order valence-corrected chi connectivity index (χ0v) is 23.5. The van der Waals surface area contributed by atoms with Crippen LogP contribution in [-0.2, 0) is 15.9 Å². The molecule has 4 aliphatic rings. The fourth-order valence-electron chi connectivity index (χ4n) is 5.70. The second-order valence-electron chi connectivity index (χ2n) is 11.1. The van der Waals surface area contributed by atoms with Crippen LogP contribution in [0.1, 0.15) is 44.2 Å². The van der Waals surface area contributed by atoms with Crippen LogP contribution in [0.2, 0.25) is 0 Å². The number of hydrogen-bond donors (Lipinski definition) is 1. The minimum absolute atomic E-state index is 0.100. The summed E-state index contributed by atoms with van der Waals surface area (Å²) in [5, 5.41) is 17.3. The average Bonchev–Trinajstić information content (AvgIpc) is 2.94. The van der Waals surface area contributed by atoms with Crippen LogP contribution in [0.15, 0.2) is 52.9 Å². The van der Waals surface area contributed by atoms with Gasteiger partial charge in [0.2, 0.25) is 0 Å². The lowest BCUT2D eigenvalue weighted by Gasteiger charge is -2.40. The van der Waals surface area contributed by atoms with Gasteiger partial charge in [-0.3, -0.25) is 5.01 Å². The molecule has 0 saturated carbocycles. The number of nitrogens with zero attached hydrogens (tertiary/aromatic N) is 5. The SMILES string of the molecule is CCN1N=CC=C(N2CCN(C(=O)OC3COC3)CC2)/C1=C/Cc1ccc([C@@H]2CN(C(C)C)CC[C@H]2O)cc1. The molecule has 1 aromatic rings. The molecule has 4 aliphatic heterocycles. The predicted octanol–water partition coefficient (Wildman–Crippen LogP) is 3.03. The molecule has 0 aliphatic carbocycles. The molecule has 0 spiro atoms. The first kappa shape index (κ1) is 27.7. The second-order valence-corrected chi connectivity index (χ2v) is 11.1. The maximum atomic E-state index is 12.5. The summed E-state index contributed by atoms with van der Waals surface area (Å²) in [6, 6.07) is 9.25. The standard InChI is InChI=1S/C30H43N5O4/c1-4-35-28(10-7-23-5-8-24(9-6-23)26-19-34(22(2)3)14-12-29(26)36)27(11-13-31-35)32-15-17-33(18-16-32)30(37)39-25-20-38-21-25/h5-6,8-11,13,22,25-26,29,36H,4,7,12,14-21H2,1-3H3/b28-10-/t26-,29+/m0/s1. The Morgan fingerprint density at radius 1 is 1.15 bits per heavy atom. The summed E-state index contributed by atoms with van der Waals surface area (Å²) in [4.78, 5) is 19.0. The van der Waals surface area contributed by atoms with Gasteiger partial charge in [-0.25, -0.2) is 4.79 Å². The number of carbonyl (C=O) groups excluding carboxylic acids is 1. The molecule has 0 aromatic heterocycles. The lowest BCUT2D eigenvalue weighted by atomic mass is 9.87. The third kappa shape index (κ3) is 6.48. The van der Waals surface area contributed by atoms with Gasteiger partial charge >= 0.3 is 6.09 Å². The summed E-state index contributed by atoms with van der Waals surface area (Å²) < 4.78 is 10.6. The van der Waals surface area contributed by atoms with Gasteiger partial charge in [0, 0.05) is 64.0 Å². The zero-order valence-electron chi connectivity index (χ0n) is 23.5. The summed E-state index contributed by atoms with van der Waals surface area (Å²) in [6.07, 6.45) is 7.18. The van der Waals surface area contributed by atoms with Crippen molar-refractivity contribution < 1.29 is 19.4 Å². The van der Waals surface area contributed by atoms with E-state index in [4.69, 9.17) is 9.47 Å². The van der Waals surface area contributed by atoms with Crippen molar-refractivity contribution in [2.24, 2.45) is 5.10 Å². The topological polar surface area (TPSA) is 81.1 Å². The predicted molar refractivity (Wildman–Crippen MR) is 151 cm³/mol. The first-order valence-corrected chi connectivity index (χ1v) is 14.4. The van der Waals surface area contributed by atoms with Gasteiger partial charge < -0.3 is 29.3 Å². The fraction of sp³-hybridized carbons (Fsp3) is 0.600. The number of amides is 1. The maximum Gasteiger partial charge on any atom is 0.410 e. The average molecular weight is 538 g/mol. The van der Waals surface area contributed by atoms with E-state index < -0.39 is 0 Å². The summed E-state index contributed by atoms with van der Waals surface area (Å²) >= 11 is 0. The van der Waals surface area contributed by atoms with Crippen LogP contribution in [0.25, 0.3) is 0 Å². The molecule has 2 atom stereocenters. The van der Waals surface area contributed by atoms with Crippen LogP contribution < -0.4 is 0 Å². The van der Waals surface area contributed by atoms with Crippen molar-refractivity contribution in [3.05, 3.63) is 58.9 Å². The molecular formula is C30H43N5O4. The van der Waals surface area contributed by atoms with Crippen molar-refractivity contribution >= 4 is 12.3 Å². The van der Waals surface area contributed by atoms with E-state index in [-0.39, 0.29) is 24.2 Å². The quantitative estimate of drug-likeness (QED) is 0.573. The van der Waals surface area contributed by atoms with Crippen LogP contribution in [0.4, 0.5) is 4.79 Å². The molecule has 212 valence electrons. The first-order valence-electron chi connectivity index (χ1n) is 14.4. The third-order valence-electron chi connectivity index (χ3n) is 8.31. The highest BCUT2D eigenvalue weighted by molar-refractivity contribution is 5.75. The van der Waals surface area contributed by atoms with E-state index in [1.165, 1.54) is 11.1 Å². The molecule has 1 N–H and O–H groups in total. The van der Waals surface area contributed by atoms with Crippen molar-refractivity contribution in [2.45, 2.75) is 57.8 Å². The van der Waals surface area contributed by atoms with Gasteiger partial charge in [-0.05, 0) is 50.8 Å². The van der Waals surface area contributed by atoms with E-state index in [1.807, 2.05) is 11.2 Å². The molecule has 39 heavy (non-hydrogen) atoms. The number of likely N-dealkylation sites (tertiary alicyclic amines) is 1. The Morgan fingerprint density at radius 3 is 2.54 bits per heavy atom. The number of hydrazone groups is 1. The Bertz CT molecular complexity index is 1070. The number of hydrogen-bond acceptors (Lipinski definition) is 8. The van der Waals surface area contributed by atoms with Crippen molar-refractivity contribution in [1.82, 2.24) is 19.7 Å². The molecule has 0 radical (unpaired) electrons. The van der Waals surface area contributed by atoms with Crippen molar-refractivity contribution in [3.63, 3.8) is 0 Å². The van der Waals surface area contributed by atoms with Gasteiger partial charge in [-0.2, -0.15) is 5.10 Å². The molecule has 4 heterocycles. The molecular weight excluding hydrogens is 494 g/mol. The Labute approximate surface area is 232 Å². The summed E-state index contributed by atoms with van der Waals surface area (Å²) in [5.41, 5.74) is 4.68. The number of likely N-dealkylation sites (N-methyl/N-ethyl adjacent to an activating group) is 1. The van der Waals surface area contributed by atoms with Crippen LogP contribution in [-0.4, -0.2) is 114 Å². The monoisotopic (exact) mass is 537 g/mol. The highest BCUT2D eigenvalue weighted by atomic mass is 16.6. The summed E-state index contributed by atoms with van der Waals surface area (Å²) in [6.45, 7) is 13.0. The van der Waals surface area contributed by atoms with E-state index in [1.54, 1.807) is 4.90 Å². The number of piperazine rings is 1. The van der Waals surface area contributed by atoms with E-state index in [2.05, 4.69) is 72.1 Å². The van der Waals surface area contributed by atoms with E-state index in [0.29, 0.717) is 32.3 Å². The number of carbonyl (C=O) groups is 1. The lowest BCUT2D eigenvalue weighted by Crippen LogP contribution is -2.51. The minimum Gasteiger partial charge on any atom is -0.441 e. The number of rotatable bonds is 7. The van der Waals surface area contributed by atoms with Gasteiger partial charge in [0.25, 0.3) is 0 Å². The number of piperidine rings is 1. The normalized spacial score (nSPS) is 25.7. The van der Waals surface area contributed by atoms with Gasteiger partial charge in [0.15, 0.2) is 6.10 Å². The highest BCUT2D eigenvalue weighted by Crippen LogP contribution is 2.29. The fourth-order valence-corrected chi connectivity index (χ4v) is 5.70. The molecule has 0 bridgehead atoms. The largest absolute Gasteiger partial charge is 0.441 e. The van der Waals surface area contributed by atoms with Gasteiger partial charge in [-0.1, -0.05) is 30.3 Å². The smallest absolute Gasteiger partial charge is 0.410 e. The van der Waals surface area contributed by atoms with Gasteiger partial charge in [0.1, 0.15) is 0 Å². The highest BCUT2D eigenvalue weighted by Gasteiger charge is 2.31. The van der Waals surface area contributed by atoms with E-state index in [0.717, 1.165) is 57.0 Å². The molecule has 9 nitrogen and oxygen atoms in total. The molecule has 9 heteroatoms. The number of aliphatic hydroxyl groups is 1. The van der Waals surface area contributed by atoms with Crippen molar-refractivity contribution in [2.75, 3.05) is 59.0 Å². The van der Waals surface area contributed by atoms with Crippen LogP contribution >= 0.6 is 0 Å². The molecule has 3 fully saturated rings. The lowest BCUT2D eigenvalue weighted by molar-refractivity contribution is -0.105. The van der Waals surface area contributed by atoms with Gasteiger partial charge in [-0.15, -0.1) is 0 Å². The Balaban J connectivity index is 1.22. The van der Waals surface area contributed by atoms with Crippen LogP contribution in [0.5, 0.6) is 0 Å². The number of allylic oxidation sites excluding steroid dienone is 2. The third-order valence-corrected chi connectivity index (χ3v) is 8.31. The van der Waals surface area contributed by atoms with Crippen molar-refractivity contribution in [3.8, 4) is 0 Å². The molecule has 0 unspecified atom stereocenters. The van der Waals surface area contributed by atoms with Crippen LogP contribution in [0.3, 0.4) is 0 Å². The number of ether oxygens (including phenoxy) is 2. The molecule has 5 rings (SSSR count). The van der Waals surface area contributed by atoms with Gasteiger partial charge in [0.05, 0.1) is 30.7 Å². The molecule has 3 saturated heterocycles. The number of aliphatic hydroxyl groups excluding tert-OH is 1. The van der Waals surface area contributed by atoms with E-state index in [9.17, 15) is 9.90 Å². The molecule has 1 amide bonds. The Morgan fingerprint density at radius 2 is 1.90 bits per heavy atom. The maximum absolute atomic E-state index is 12.5.